The highest BCUT2D eigenvalue weighted by Gasteiger charge is 2.25. The molecule has 4 aromatic heterocycles. The van der Waals surface area contributed by atoms with Gasteiger partial charge in [-0.05, 0) is 86.6 Å². The highest BCUT2D eigenvalue weighted by Crippen LogP contribution is 2.34. The molecule has 4 heterocycles. The molecule has 376 valence electrons. The number of nitrogens with zero attached hydrogens (tertiary/aromatic N) is 4. The van der Waals surface area contributed by atoms with Crippen molar-refractivity contribution in [2.24, 2.45) is 0 Å². The average molecular weight is 1070 g/mol. The summed E-state index contributed by atoms with van der Waals surface area (Å²) < 4.78 is 36.8. The molecule has 0 aliphatic rings. The molecule has 0 atom stereocenters. The van der Waals surface area contributed by atoms with Gasteiger partial charge in [0.1, 0.15) is 20.7 Å². The number of carbonyl (C=O) groups excluding carboxylic acids is 4. The Kier molecular flexibility index (Phi) is 16.9. The SMILES string of the molecule is COc1ccccc1C(=O)c1cc(C)ccc1NC(=O)Nc1ncc(S(=O)(=O)c2ccc(C(=O)O)cn2)s1.COc1ccccc1C(=O)c1cc(C)ccc1NC(=O)Nc1ncc(Sc2ccc(C(=O)O)cn2)s1. The maximum Gasteiger partial charge on any atom is 0.337 e. The standard InChI is InChI=1S/C25H20N4O7S2.C25H20N4O5S2/c1-14-7-9-18(17(11-14)22(30)16-5-3-4-6-19(16)36-2)28-24(33)29-25-27-13-21(37-25)38(34,35)20-10-8-15(12-26-20)23(31)32;1-14-7-9-18(17(11-14)22(30)16-5-3-4-6-19(16)34-2)28-24(33)29-25-27-13-21(36-25)35-20-10-8-15(12-26-20)23(31)32/h3-13H,1-2H3,(H,31,32)(H2,27,28,29,33);3-13H,1-2H3,(H,31,32)(H2,27,28,29,33). The van der Waals surface area contributed by atoms with Gasteiger partial charge >= 0.3 is 24.0 Å². The Hall–Kier alpha value is -8.84. The van der Waals surface area contributed by atoms with Crippen LogP contribution in [0.5, 0.6) is 11.5 Å². The fraction of sp³-hybridized carbons (Fsp3) is 0.0800. The van der Waals surface area contributed by atoms with Gasteiger partial charge in [0.25, 0.3) is 0 Å². The van der Waals surface area contributed by atoms with E-state index in [1.54, 1.807) is 97.2 Å². The number of carboxylic acid groups (broad SMARTS) is 2. The minimum absolute atomic E-state index is 0.0204. The van der Waals surface area contributed by atoms with E-state index in [9.17, 15) is 37.2 Å². The summed E-state index contributed by atoms with van der Waals surface area (Å²) in [6, 6.07) is 27.7. The third-order valence-corrected chi connectivity index (χ3v) is 15.2. The van der Waals surface area contributed by atoms with Gasteiger partial charge in [-0.1, -0.05) is 82.0 Å². The summed E-state index contributed by atoms with van der Waals surface area (Å²) >= 11 is 3.21. The van der Waals surface area contributed by atoms with Crippen molar-refractivity contribution in [3.8, 4) is 11.5 Å². The number of nitrogens with one attached hydrogen (secondary N) is 4. The number of carbonyl (C=O) groups is 6. The molecule has 0 spiro atoms. The van der Waals surface area contributed by atoms with Crippen LogP contribution < -0.4 is 30.7 Å². The number of ketones is 2. The Labute approximate surface area is 433 Å². The monoisotopic (exact) mass is 1070 g/mol. The van der Waals surface area contributed by atoms with Gasteiger partial charge in [-0.2, -0.15) is 0 Å². The molecule has 0 aliphatic heterocycles. The zero-order valence-electron chi connectivity index (χ0n) is 39.1. The molecular weight excluding hydrogens is 1030 g/mol. The number of aromatic carboxylic acids is 2. The zero-order chi connectivity index (χ0) is 53.1. The van der Waals surface area contributed by atoms with Gasteiger partial charge in [0.15, 0.2) is 26.9 Å². The van der Waals surface area contributed by atoms with E-state index in [0.29, 0.717) is 55.4 Å². The molecule has 4 aromatic carbocycles. The molecule has 74 heavy (non-hydrogen) atoms. The largest absolute Gasteiger partial charge is 0.496 e. The van der Waals surface area contributed by atoms with E-state index in [4.69, 9.17) is 19.7 Å². The Bertz CT molecular complexity index is 3550. The Balaban J connectivity index is 0.000000217. The summed E-state index contributed by atoms with van der Waals surface area (Å²) in [7, 11) is -1.14. The van der Waals surface area contributed by atoms with E-state index in [1.807, 2.05) is 13.8 Å². The van der Waals surface area contributed by atoms with Crippen LogP contribution in [0, 0.1) is 13.8 Å². The van der Waals surface area contributed by atoms with Crippen LogP contribution in [-0.2, 0) is 9.84 Å². The maximum atomic E-state index is 13.3. The molecule has 8 aromatic rings. The first-order chi connectivity index (χ1) is 35.4. The minimum Gasteiger partial charge on any atom is -0.496 e. The number of hydrogen-bond acceptors (Lipinski definition) is 17. The number of amides is 4. The number of carboxylic acids is 2. The molecule has 0 unspecified atom stereocenters. The van der Waals surface area contributed by atoms with Gasteiger partial charge in [-0.25, -0.2) is 47.5 Å². The molecule has 0 saturated carbocycles. The minimum atomic E-state index is -4.09. The van der Waals surface area contributed by atoms with Crippen molar-refractivity contribution in [3.63, 3.8) is 0 Å². The van der Waals surface area contributed by atoms with Crippen LogP contribution in [0.15, 0.2) is 152 Å². The van der Waals surface area contributed by atoms with Crippen molar-refractivity contribution in [1.29, 1.82) is 0 Å². The van der Waals surface area contributed by atoms with Crippen LogP contribution in [0.2, 0.25) is 0 Å². The molecule has 20 nitrogen and oxygen atoms in total. The van der Waals surface area contributed by atoms with E-state index in [-0.39, 0.29) is 48.3 Å². The van der Waals surface area contributed by atoms with Crippen LogP contribution in [0.1, 0.15) is 63.7 Å². The lowest BCUT2D eigenvalue weighted by molar-refractivity contribution is 0.0685. The lowest BCUT2D eigenvalue weighted by Gasteiger charge is -2.13. The number of hydrogen-bond donors (Lipinski definition) is 6. The molecule has 0 radical (unpaired) electrons. The second kappa shape index (κ2) is 23.6. The summed E-state index contributed by atoms with van der Waals surface area (Å²) in [5.41, 5.74) is 3.47. The predicted octanol–water partition coefficient (Wildman–Crippen LogP) is 9.84. The summed E-state index contributed by atoms with van der Waals surface area (Å²) in [5, 5.41) is 29.0. The average Bonchev–Trinajstić information content (AvgIpc) is 4.06. The Morgan fingerprint density at radius 1 is 0.541 bits per heavy atom. The fourth-order valence-corrected chi connectivity index (χ4v) is 10.7. The number of anilines is 4. The van der Waals surface area contributed by atoms with Crippen LogP contribution in [-0.4, -0.2) is 88.4 Å². The summed E-state index contributed by atoms with van der Waals surface area (Å²) in [4.78, 5) is 89.9. The fourth-order valence-electron chi connectivity index (χ4n) is 6.61. The first-order valence-electron chi connectivity index (χ1n) is 21.4. The second-order valence-corrected chi connectivity index (χ2v) is 20.8. The van der Waals surface area contributed by atoms with Crippen molar-refractivity contribution >= 4 is 101 Å². The van der Waals surface area contributed by atoms with Crippen molar-refractivity contribution in [3.05, 3.63) is 178 Å². The second-order valence-electron chi connectivity index (χ2n) is 15.3. The van der Waals surface area contributed by atoms with Gasteiger partial charge in [-0.15, -0.1) is 0 Å². The summed E-state index contributed by atoms with van der Waals surface area (Å²) in [6.07, 6.45) is 4.86. The van der Waals surface area contributed by atoms with Crippen LogP contribution >= 0.6 is 34.4 Å². The molecule has 6 N–H and O–H groups in total. The Morgan fingerprint density at radius 3 is 1.50 bits per heavy atom. The van der Waals surface area contributed by atoms with Crippen LogP contribution in [0.3, 0.4) is 0 Å². The van der Waals surface area contributed by atoms with Crippen molar-refractivity contribution in [1.82, 2.24) is 19.9 Å². The van der Waals surface area contributed by atoms with Crippen LogP contribution in [0.25, 0.3) is 0 Å². The number of rotatable bonds is 16. The number of urea groups is 2. The van der Waals surface area contributed by atoms with Gasteiger partial charge in [0.2, 0.25) is 9.84 Å². The number of para-hydroxylation sites is 2. The highest BCUT2D eigenvalue weighted by atomic mass is 32.2. The van der Waals surface area contributed by atoms with E-state index >= 15 is 0 Å². The van der Waals surface area contributed by atoms with Gasteiger partial charge < -0.3 is 30.3 Å². The van der Waals surface area contributed by atoms with E-state index in [1.165, 1.54) is 49.6 Å². The summed E-state index contributed by atoms with van der Waals surface area (Å²) in [5.74, 6) is -2.09. The molecule has 0 fully saturated rings. The first kappa shape index (κ1) is 53.0. The zero-order valence-corrected chi connectivity index (χ0v) is 42.4. The smallest absolute Gasteiger partial charge is 0.337 e. The molecule has 0 bridgehead atoms. The maximum absolute atomic E-state index is 13.3. The normalized spacial score (nSPS) is 10.8. The lowest BCUT2D eigenvalue weighted by Crippen LogP contribution is -2.21. The predicted molar refractivity (Wildman–Crippen MR) is 277 cm³/mol. The highest BCUT2D eigenvalue weighted by molar-refractivity contribution is 8.01. The lowest BCUT2D eigenvalue weighted by atomic mass is 9.99. The molecular formula is C50H40N8O12S4. The number of aromatic nitrogens is 4. The first-order valence-corrected chi connectivity index (χ1v) is 25.3. The third-order valence-electron chi connectivity index (χ3n) is 10.2. The topological polar surface area (TPSA) is 295 Å². The Morgan fingerprint density at radius 2 is 1.03 bits per heavy atom. The molecule has 4 amide bonds. The van der Waals surface area contributed by atoms with Crippen LogP contribution in [0.4, 0.5) is 31.2 Å². The number of methoxy groups -OCH3 is 2. The van der Waals surface area contributed by atoms with Gasteiger partial charge in [0.05, 0.1) is 64.5 Å². The van der Waals surface area contributed by atoms with Crippen molar-refractivity contribution in [2.75, 3.05) is 35.5 Å². The number of ether oxygens (including phenoxy) is 2. The number of aryl methyl sites for hydroxylation is 2. The summed E-state index contributed by atoms with van der Waals surface area (Å²) in [6.45, 7) is 3.67. The molecule has 0 aliphatic carbocycles. The number of thiazole rings is 2. The number of benzene rings is 4. The van der Waals surface area contributed by atoms with Crippen molar-refractivity contribution < 1.29 is 56.9 Å². The van der Waals surface area contributed by atoms with E-state index in [0.717, 1.165) is 39.9 Å². The third kappa shape index (κ3) is 13.0. The molecule has 24 heteroatoms. The molecule has 0 saturated heterocycles. The number of sulfone groups is 1. The molecule has 8 rings (SSSR count). The quantitative estimate of drug-likeness (QED) is 0.0490. The van der Waals surface area contributed by atoms with E-state index in [2.05, 4.69) is 41.2 Å². The van der Waals surface area contributed by atoms with Gasteiger partial charge in [0, 0.05) is 23.5 Å². The van der Waals surface area contributed by atoms with Crippen molar-refractivity contribution in [2.45, 2.75) is 32.3 Å². The van der Waals surface area contributed by atoms with Gasteiger partial charge in [-0.3, -0.25) is 20.2 Å². The number of pyridine rings is 2. The van der Waals surface area contributed by atoms with E-state index < -0.39 is 33.8 Å².